The number of methoxy groups -OCH3 is 1. The molecule has 7 rings (SSSR count). The number of likely N-dealkylation sites (tertiary alicyclic amines) is 1. The third-order valence-corrected chi connectivity index (χ3v) is 13.6. The summed E-state index contributed by atoms with van der Waals surface area (Å²) in [5, 5.41) is 14.0. The molecule has 3 aromatic rings. The van der Waals surface area contributed by atoms with Gasteiger partial charge in [0.15, 0.2) is 5.78 Å². The summed E-state index contributed by atoms with van der Waals surface area (Å²) in [4.78, 5) is 66.0. The Labute approximate surface area is 330 Å². The van der Waals surface area contributed by atoms with E-state index in [2.05, 4.69) is 20.4 Å². The number of ketones is 1. The minimum atomic E-state index is -1.25. The molecule has 1 saturated heterocycles. The molecule has 11 nitrogen and oxygen atoms in total. The van der Waals surface area contributed by atoms with Crippen molar-refractivity contribution in [3.63, 3.8) is 0 Å². The minimum Gasteiger partial charge on any atom is -0.495 e. The number of allylic oxidation sites excluding steroid dienone is 1. The number of nitrogens with zero attached hydrogens (tertiary/aromatic N) is 3. The maximum Gasteiger partial charge on any atom is 0.310 e. The zero-order valence-electron chi connectivity index (χ0n) is 32.3. The second kappa shape index (κ2) is 14.8. The van der Waals surface area contributed by atoms with Crippen LogP contribution in [0.15, 0.2) is 36.2 Å². The Bertz CT molecular complexity index is 2030. The first kappa shape index (κ1) is 39.2. The molecule has 1 aliphatic heterocycles. The molecule has 3 aliphatic carbocycles. The van der Waals surface area contributed by atoms with Crippen LogP contribution in [0.3, 0.4) is 0 Å². The Balaban J connectivity index is 1.21. The van der Waals surface area contributed by atoms with Crippen LogP contribution >= 0.6 is 22.9 Å². The van der Waals surface area contributed by atoms with Gasteiger partial charge in [-0.05, 0) is 61.0 Å². The largest absolute Gasteiger partial charge is 0.495 e. The van der Waals surface area contributed by atoms with Crippen molar-refractivity contribution in [2.45, 2.75) is 104 Å². The molecule has 0 radical (unpaired) electrons. The topological polar surface area (TPSA) is 145 Å². The molecule has 4 fully saturated rings. The smallest absolute Gasteiger partial charge is 0.310 e. The van der Waals surface area contributed by atoms with Crippen LogP contribution in [-0.4, -0.2) is 75.5 Å². The third-order valence-electron chi connectivity index (χ3n) is 12.1. The van der Waals surface area contributed by atoms with Gasteiger partial charge in [-0.1, -0.05) is 52.3 Å². The fraction of sp³-hybridized carbons (Fsp3) is 0.571. The van der Waals surface area contributed by atoms with Gasteiger partial charge in [0.1, 0.15) is 34.4 Å². The lowest BCUT2D eigenvalue weighted by molar-refractivity contribution is -0.157. The standard InChI is InChI=1S/C42H50ClN3O8S/c1-8-24-17-42(24,40(50)51)18-32(47)31-14-26(19-46(31)39(49)28(41(4,5)6)15-35(48)54-25-12-22-11-23(22)13-25)53-34-16-29(30-20-55-38(45-30)21(2)3)44-37-27(34)9-10-33(52-7)36(37)43/h8-10,16,20-26,28,31H,1,11-15,17-19H2,2-7H3,(H,50,51)/t22-,23+,24-,25?,26-,28-,31+,42-/m1/s1. The normalized spacial score (nSPS) is 27.5. The number of benzene rings is 1. The average molecular weight is 792 g/mol. The number of hydrogen-bond acceptors (Lipinski definition) is 10. The average Bonchev–Trinajstić information content (AvgIpc) is 3.77. The summed E-state index contributed by atoms with van der Waals surface area (Å²) >= 11 is 8.36. The highest BCUT2D eigenvalue weighted by molar-refractivity contribution is 7.10. The number of fused-ring (bicyclic) bond motifs is 2. The Hall–Kier alpha value is -4.03. The van der Waals surface area contributed by atoms with Gasteiger partial charge in [-0.15, -0.1) is 17.9 Å². The number of halogens is 1. The van der Waals surface area contributed by atoms with Crippen LogP contribution in [0.5, 0.6) is 11.5 Å². The number of ether oxygens (including phenoxy) is 3. The van der Waals surface area contributed by atoms with Crippen LogP contribution in [0.2, 0.25) is 5.02 Å². The molecule has 294 valence electrons. The van der Waals surface area contributed by atoms with Crippen molar-refractivity contribution in [1.82, 2.24) is 14.9 Å². The van der Waals surface area contributed by atoms with Gasteiger partial charge in [0.05, 0.1) is 53.7 Å². The van der Waals surface area contributed by atoms with Crippen LogP contribution in [0.1, 0.15) is 90.5 Å². The van der Waals surface area contributed by atoms with Crippen molar-refractivity contribution >= 4 is 57.5 Å². The minimum absolute atomic E-state index is 0.0467. The Morgan fingerprint density at radius 3 is 2.40 bits per heavy atom. The number of aromatic nitrogens is 2. The predicted octanol–water partition coefficient (Wildman–Crippen LogP) is 8.12. The number of carboxylic acid groups (broad SMARTS) is 1. The second-order valence-electron chi connectivity index (χ2n) is 17.3. The number of carboxylic acids is 1. The monoisotopic (exact) mass is 791 g/mol. The Morgan fingerprint density at radius 2 is 1.80 bits per heavy atom. The molecule has 4 aliphatic rings. The summed E-state index contributed by atoms with van der Waals surface area (Å²) in [6.07, 6.45) is 3.80. The fourth-order valence-corrected chi connectivity index (χ4v) is 9.71. The van der Waals surface area contributed by atoms with E-state index in [1.165, 1.54) is 29.8 Å². The number of Topliss-reactive ketones (excluding diaryl/α,β-unsaturated/α-hetero) is 1. The van der Waals surface area contributed by atoms with Gasteiger partial charge >= 0.3 is 11.9 Å². The number of aliphatic carboxylic acids is 1. The molecule has 0 spiro atoms. The van der Waals surface area contributed by atoms with E-state index >= 15 is 0 Å². The lowest BCUT2D eigenvalue weighted by atomic mass is 9.77. The fourth-order valence-electron chi connectivity index (χ4n) is 8.59. The summed E-state index contributed by atoms with van der Waals surface area (Å²) in [7, 11) is 1.53. The van der Waals surface area contributed by atoms with E-state index in [1.54, 1.807) is 24.3 Å². The van der Waals surface area contributed by atoms with Gasteiger partial charge in [0.2, 0.25) is 5.91 Å². The number of hydrogen-bond donors (Lipinski definition) is 1. The molecule has 3 heterocycles. The number of pyridine rings is 1. The van der Waals surface area contributed by atoms with Crippen LogP contribution in [-0.2, 0) is 23.9 Å². The molecule has 1 aromatic carbocycles. The van der Waals surface area contributed by atoms with Crippen LogP contribution in [0, 0.1) is 34.5 Å². The van der Waals surface area contributed by atoms with Crippen LogP contribution in [0.25, 0.3) is 22.3 Å². The van der Waals surface area contributed by atoms with E-state index in [9.17, 15) is 24.3 Å². The predicted molar refractivity (Wildman–Crippen MR) is 209 cm³/mol. The van der Waals surface area contributed by atoms with Crippen molar-refractivity contribution in [2.24, 2.45) is 34.5 Å². The first-order chi connectivity index (χ1) is 26.0. The van der Waals surface area contributed by atoms with E-state index < -0.39 is 40.8 Å². The molecule has 8 atom stereocenters. The van der Waals surface area contributed by atoms with Crippen molar-refractivity contribution < 1.29 is 38.5 Å². The van der Waals surface area contributed by atoms with Crippen LogP contribution < -0.4 is 9.47 Å². The summed E-state index contributed by atoms with van der Waals surface area (Å²) in [5.74, 6) is -0.946. The van der Waals surface area contributed by atoms with Gasteiger partial charge in [-0.2, -0.15) is 0 Å². The van der Waals surface area contributed by atoms with Gasteiger partial charge in [-0.3, -0.25) is 19.2 Å². The lowest BCUT2D eigenvalue weighted by Gasteiger charge is -2.35. The quantitative estimate of drug-likeness (QED) is 0.126. The highest BCUT2D eigenvalue weighted by Gasteiger charge is 2.61. The molecular formula is C42H50ClN3O8S. The number of rotatable bonds is 14. The van der Waals surface area contributed by atoms with Gasteiger partial charge in [0.25, 0.3) is 0 Å². The maximum atomic E-state index is 14.7. The number of carbonyl (C=O) groups is 4. The third kappa shape index (κ3) is 7.73. The van der Waals surface area contributed by atoms with Gasteiger partial charge in [-0.25, -0.2) is 9.97 Å². The summed E-state index contributed by atoms with van der Waals surface area (Å²) in [5.41, 5.74) is -0.259. The summed E-state index contributed by atoms with van der Waals surface area (Å²) < 4.78 is 18.1. The Kier molecular flexibility index (Phi) is 10.6. The number of esters is 1. The zero-order chi connectivity index (χ0) is 39.6. The SMILES string of the molecule is C=C[C@@H]1C[C@]1(CC(=O)[C@@H]1C[C@@H](Oc2cc(-c3csc(C(C)C)n3)nc3c(Cl)c(OC)ccc23)CN1C(=O)[C@@H](CC(=O)OC1C[C@@H]2C[C@@H]2C1)C(C)(C)C)C(=O)O. The molecule has 55 heavy (non-hydrogen) atoms. The molecular weight excluding hydrogens is 742 g/mol. The van der Waals surface area contributed by atoms with Gasteiger partial charge in [0, 0.05) is 35.6 Å². The molecule has 1 unspecified atom stereocenters. The van der Waals surface area contributed by atoms with Crippen molar-refractivity contribution in [2.75, 3.05) is 13.7 Å². The first-order valence-electron chi connectivity index (χ1n) is 19.2. The number of thiazole rings is 1. The van der Waals surface area contributed by atoms with E-state index in [-0.39, 0.29) is 55.4 Å². The molecule has 1 amide bonds. The van der Waals surface area contributed by atoms with E-state index in [1.807, 2.05) is 26.2 Å². The molecule has 13 heteroatoms. The van der Waals surface area contributed by atoms with Crippen molar-refractivity contribution in [3.05, 3.63) is 46.3 Å². The summed E-state index contributed by atoms with van der Waals surface area (Å²) in [6.45, 7) is 13.7. The summed E-state index contributed by atoms with van der Waals surface area (Å²) in [6, 6.07) is 4.37. The molecule has 2 aromatic heterocycles. The van der Waals surface area contributed by atoms with E-state index in [0.29, 0.717) is 57.1 Å². The van der Waals surface area contributed by atoms with E-state index in [0.717, 1.165) is 17.8 Å². The lowest BCUT2D eigenvalue weighted by Crippen LogP contribution is -2.48. The number of carbonyl (C=O) groups excluding carboxylic acids is 3. The molecule has 0 bridgehead atoms. The van der Waals surface area contributed by atoms with Crippen molar-refractivity contribution in [3.8, 4) is 22.9 Å². The van der Waals surface area contributed by atoms with Crippen molar-refractivity contribution in [1.29, 1.82) is 0 Å². The Morgan fingerprint density at radius 1 is 1.07 bits per heavy atom. The highest BCUT2D eigenvalue weighted by Crippen LogP contribution is 2.57. The zero-order valence-corrected chi connectivity index (χ0v) is 33.9. The second-order valence-corrected chi connectivity index (χ2v) is 18.6. The van der Waals surface area contributed by atoms with Gasteiger partial charge < -0.3 is 24.2 Å². The molecule has 1 N–H and O–H groups in total. The molecule has 3 saturated carbocycles. The number of amides is 1. The highest BCUT2D eigenvalue weighted by atomic mass is 35.5. The van der Waals surface area contributed by atoms with Crippen LogP contribution in [0.4, 0.5) is 0 Å². The maximum absolute atomic E-state index is 14.7. The first-order valence-corrected chi connectivity index (χ1v) is 20.5. The van der Waals surface area contributed by atoms with E-state index in [4.69, 9.17) is 35.8 Å².